The maximum Gasteiger partial charge on any atom is 0.254 e. The van der Waals surface area contributed by atoms with Gasteiger partial charge in [0.2, 0.25) is 0 Å². The molecule has 6 nitrogen and oxygen atoms in total. The standard InChI is InChI=1S/C18H25N3O3/c1-4-10-24-17-7-5-16(6-8-17)18(22)21(9-11-23-3)14-15-12-19-20(2)13-15/h5-8,12-13H,4,9-11,14H2,1-3H3. The van der Waals surface area contributed by atoms with E-state index < -0.39 is 0 Å². The minimum Gasteiger partial charge on any atom is -0.494 e. The largest absolute Gasteiger partial charge is 0.494 e. The lowest BCUT2D eigenvalue weighted by Crippen LogP contribution is -2.33. The van der Waals surface area contributed by atoms with Crippen molar-refractivity contribution in [1.82, 2.24) is 14.7 Å². The zero-order chi connectivity index (χ0) is 17.4. The number of benzene rings is 1. The fourth-order valence-electron chi connectivity index (χ4n) is 2.32. The van der Waals surface area contributed by atoms with Gasteiger partial charge < -0.3 is 14.4 Å². The molecule has 0 saturated heterocycles. The highest BCUT2D eigenvalue weighted by molar-refractivity contribution is 5.94. The first-order chi connectivity index (χ1) is 11.6. The van der Waals surface area contributed by atoms with Crippen LogP contribution in [0.5, 0.6) is 5.75 Å². The van der Waals surface area contributed by atoms with E-state index in [1.807, 2.05) is 25.4 Å². The molecule has 2 rings (SSSR count). The lowest BCUT2D eigenvalue weighted by atomic mass is 10.1. The summed E-state index contributed by atoms with van der Waals surface area (Å²) in [6.07, 6.45) is 4.64. The topological polar surface area (TPSA) is 56.6 Å². The molecule has 1 heterocycles. The van der Waals surface area contributed by atoms with Crippen LogP contribution < -0.4 is 4.74 Å². The second-order valence-electron chi connectivity index (χ2n) is 5.61. The smallest absolute Gasteiger partial charge is 0.254 e. The Bertz CT molecular complexity index is 637. The monoisotopic (exact) mass is 331 g/mol. The van der Waals surface area contributed by atoms with E-state index in [2.05, 4.69) is 12.0 Å². The minimum atomic E-state index is -0.0297. The number of amides is 1. The number of hydrogen-bond acceptors (Lipinski definition) is 4. The second kappa shape index (κ2) is 9.08. The first kappa shape index (κ1) is 18.0. The quantitative estimate of drug-likeness (QED) is 0.708. The van der Waals surface area contributed by atoms with Crippen LogP contribution in [0, 0.1) is 0 Å². The number of ether oxygens (including phenoxy) is 2. The lowest BCUT2D eigenvalue weighted by molar-refractivity contribution is 0.0680. The van der Waals surface area contributed by atoms with E-state index in [1.165, 1.54) is 0 Å². The van der Waals surface area contributed by atoms with Crippen molar-refractivity contribution in [2.75, 3.05) is 26.9 Å². The molecule has 6 heteroatoms. The van der Waals surface area contributed by atoms with Gasteiger partial charge >= 0.3 is 0 Å². The molecule has 2 aromatic rings. The van der Waals surface area contributed by atoms with Crippen LogP contribution in [0.2, 0.25) is 0 Å². The normalized spacial score (nSPS) is 10.6. The van der Waals surface area contributed by atoms with Crippen LogP contribution in [0.4, 0.5) is 0 Å². The number of methoxy groups -OCH3 is 1. The van der Waals surface area contributed by atoms with Crippen LogP contribution in [0.25, 0.3) is 0 Å². The van der Waals surface area contributed by atoms with Gasteiger partial charge in [-0.15, -0.1) is 0 Å². The number of carbonyl (C=O) groups excluding carboxylic acids is 1. The van der Waals surface area contributed by atoms with Gasteiger partial charge in [0.1, 0.15) is 5.75 Å². The molecule has 0 aliphatic heterocycles. The highest BCUT2D eigenvalue weighted by Gasteiger charge is 2.16. The van der Waals surface area contributed by atoms with E-state index >= 15 is 0 Å². The summed E-state index contributed by atoms with van der Waals surface area (Å²) in [5, 5.41) is 4.15. The first-order valence-corrected chi connectivity index (χ1v) is 8.12. The van der Waals surface area contributed by atoms with Crippen LogP contribution in [-0.2, 0) is 18.3 Å². The second-order valence-corrected chi connectivity index (χ2v) is 5.61. The van der Waals surface area contributed by atoms with Crippen molar-refractivity contribution in [3.05, 3.63) is 47.8 Å². The molecule has 0 N–H and O–H groups in total. The van der Waals surface area contributed by atoms with Crippen molar-refractivity contribution in [2.24, 2.45) is 7.05 Å². The fourth-order valence-corrected chi connectivity index (χ4v) is 2.32. The summed E-state index contributed by atoms with van der Waals surface area (Å²) in [7, 11) is 3.49. The van der Waals surface area contributed by atoms with Crippen LogP contribution in [0.3, 0.4) is 0 Å². The Hall–Kier alpha value is -2.34. The molecule has 0 spiro atoms. The molecule has 1 aromatic heterocycles. The average molecular weight is 331 g/mol. The predicted molar refractivity (Wildman–Crippen MR) is 92.1 cm³/mol. The number of aryl methyl sites for hydroxylation is 1. The van der Waals surface area contributed by atoms with Gasteiger partial charge in [0.15, 0.2) is 0 Å². The maximum atomic E-state index is 12.8. The average Bonchev–Trinajstić information content (AvgIpc) is 3.01. The van der Waals surface area contributed by atoms with Crippen LogP contribution in [0.1, 0.15) is 29.3 Å². The van der Waals surface area contributed by atoms with E-state index in [0.717, 1.165) is 17.7 Å². The predicted octanol–water partition coefficient (Wildman–Crippen LogP) is 2.50. The molecule has 0 saturated carbocycles. The molecule has 0 bridgehead atoms. The molecule has 24 heavy (non-hydrogen) atoms. The number of carbonyl (C=O) groups is 1. The van der Waals surface area contributed by atoms with E-state index in [1.54, 1.807) is 35.0 Å². The fraction of sp³-hybridized carbons (Fsp3) is 0.444. The van der Waals surface area contributed by atoms with E-state index in [4.69, 9.17) is 9.47 Å². The number of rotatable bonds is 9. The number of hydrogen-bond donors (Lipinski definition) is 0. The van der Waals surface area contributed by atoms with Crippen molar-refractivity contribution in [2.45, 2.75) is 19.9 Å². The Balaban J connectivity index is 2.08. The van der Waals surface area contributed by atoms with E-state index in [-0.39, 0.29) is 5.91 Å². The van der Waals surface area contributed by atoms with Gasteiger partial charge in [0, 0.05) is 44.6 Å². The summed E-state index contributed by atoms with van der Waals surface area (Å²) in [6.45, 7) is 4.25. The van der Waals surface area contributed by atoms with Crippen molar-refractivity contribution >= 4 is 5.91 Å². The molecule has 0 atom stereocenters. The Labute approximate surface area is 143 Å². The van der Waals surface area contributed by atoms with Gasteiger partial charge in [0.25, 0.3) is 5.91 Å². The van der Waals surface area contributed by atoms with Gasteiger partial charge in [-0.3, -0.25) is 9.48 Å². The molecule has 1 amide bonds. The van der Waals surface area contributed by atoms with Crippen molar-refractivity contribution in [3.8, 4) is 5.75 Å². The third kappa shape index (κ3) is 5.09. The zero-order valence-electron chi connectivity index (χ0n) is 14.6. The summed E-state index contributed by atoms with van der Waals surface area (Å²) in [4.78, 5) is 14.6. The zero-order valence-corrected chi connectivity index (χ0v) is 14.6. The Morgan fingerprint density at radius 1 is 1.25 bits per heavy atom. The van der Waals surface area contributed by atoms with Gasteiger partial charge in [-0.05, 0) is 30.7 Å². The number of aromatic nitrogens is 2. The van der Waals surface area contributed by atoms with Crippen LogP contribution in [0.15, 0.2) is 36.7 Å². The third-order valence-corrected chi connectivity index (χ3v) is 3.56. The minimum absolute atomic E-state index is 0.0297. The van der Waals surface area contributed by atoms with Gasteiger partial charge in [-0.25, -0.2) is 0 Å². The summed E-state index contributed by atoms with van der Waals surface area (Å²) in [5.41, 5.74) is 1.63. The number of nitrogens with zero attached hydrogens (tertiary/aromatic N) is 3. The first-order valence-electron chi connectivity index (χ1n) is 8.12. The highest BCUT2D eigenvalue weighted by atomic mass is 16.5. The van der Waals surface area contributed by atoms with Gasteiger partial charge in [-0.1, -0.05) is 6.92 Å². The summed E-state index contributed by atoms with van der Waals surface area (Å²) >= 11 is 0. The highest BCUT2D eigenvalue weighted by Crippen LogP contribution is 2.15. The van der Waals surface area contributed by atoms with E-state index in [0.29, 0.717) is 31.9 Å². The molecule has 1 aromatic carbocycles. The molecule has 0 fully saturated rings. The Morgan fingerprint density at radius 3 is 2.58 bits per heavy atom. The Kier molecular flexibility index (Phi) is 6.81. The van der Waals surface area contributed by atoms with Crippen LogP contribution >= 0.6 is 0 Å². The molecule has 0 unspecified atom stereocenters. The van der Waals surface area contributed by atoms with Crippen molar-refractivity contribution < 1.29 is 14.3 Å². The molecule has 0 aliphatic carbocycles. The maximum absolute atomic E-state index is 12.8. The summed E-state index contributed by atoms with van der Waals surface area (Å²) < 4.78 is 12.4. The third-order valence-electron chi connectivity index (χ3n) is 3.56. The van der Waals surface area contributed by atoms with Gasteiger partial charge in [0.05, 0.1) is 19.4 Å². The van der Waals surface area contributed by atoms with Crippen molar-refractivity contribution in [1.29, 1.82) is 0 Å². The Morgan fingerprint density at radius 2 is 2.00 bits per heavy atom. The lowest BCUT2D eigenvalue weighted by Gasteiger charge is -2.22. The molecular formula is C18H25N3O3. The SMILES string of the molecule is CCCOc1ccc(C(=O)N(CCOC)Cc2cnn(C)c2)cc1. The van der Waals surface area contributed by atoms with Gasteiger partial charge in [-0.2, -0.15) is 5.10 Å². The molecule has 0 radical (unpaired) electrons. The summed E-state index contributed by atoms with van der Waals surface area (Å²) in [5.74, 6) is 0.752. The molecule has 0 aliphatic rings. The van der Waals surface area contributed by atoms with E-state index in [9.17, 15) is 4.79 Å². The molecule has 130 valence electrons. The van der Waals surface area contributed by atoms with Crippen LogP contribution in [-0.4, -0.2) is 47.5 Å². The summed E-state index contributed by atoms with van der Waals surface area (Å²) in [6, 6.07) is 7.27. The molecular weight excluding hydrogens is 306 g/mol. The van der Waals surface area contributed by atoms with Crippen molar-refractivity contribution in [3.63, 3.8) is 0 Å².